The van der Waals surface area contributed by atoms with Gasteiger partial charge in [-0.2, -0.15) is 0 Å². The lowest BCUT2D eigenvalue weighted by Crippen LogP contribution is -2.50. The highest BCUT2D eigenvalue weighted by Crippen LogP contribution is 2.29. The number of fused-ring (bicyclic) bond motifs is 1. The monoisotopic (exact) mass is 407 g/mol. The molecular weight excluding hydrogens is 380 g/mol. The van der Waals surface area contributed by atoms with E-state index in [-0.39, 0.29) is 24.7 Å². The smallest absolute Gasteiger partial charge is 0.317 e. The third-order valence-corrected chi connectivity index (χ3v) is 5.68. The highest BCUT2D eigenvalue weighted by atomic mass is 19.3. The molecule has 8 heteroatoms. The minimum Gasteiger partial charge on any atom is -0.490 e. The molecule has 0 aliphatic carbocycles. The number of nitrogens with zero attached hydrogens (tertiary/aromatic N) is 2. The summed E-state index contributed by atoms with van der Waals surface area (Å²) >= 11 is 0. The van der Waals surface area contributed by atoms with Gasteiger partial charge in [-0.3, -0.25) is 0 Å². The van der Waals surface area contributed by atoms with E-state index in [1.165, 1.54) is 0 Å². The second-order valence-corrected chi connectivity index (χ2v) is 7.69. The molecule has 2 saturated heterocycles. The fourth-order valence-electron chi connectivity index (χ4n) is 4.07. The first-order valence-electron chi connectivity index (χ1n) is 10.3. The Morgan fingerprint density at radius 1 is 1.17 bits per heavy atom. The number of amides is 2. The minimum atomic E-state index is -2.40. The Balaban J connectivity index is 1.32. The zero-order chi connectivity index (χ0) is 20.2. The van der Waals surface area contributed by atoms with E-state index in [1.54, 1.807) is 10.8 Å². The van der Waals surface area contributed by atoms with Gasteiger partial charge in [0.05, 0.1) is 12.1 Å². The number of rotatable bonds is 5. The number of hydrogen-bond donors (Lipinski definition) is 1. The van der Waals surface area contributed by atoms with E-state index in [0.29, 0.717) is 32.1 Å². The van der Waals surface area contributed by atoms with Crippen molar-refractivity contribution in [3.63, 3.8) is 0 Å². The molecule has 0 atom stereocenters. The summed E-state index contributed by atoms with van der Waals surface area (Å²) in [7, 11) is 0. The van der Waals surface area contributed by atoms with E-state index < -0.39 is 6.43 Å². The Morgan fingerprint density at radius 3 is 2.66 bits per heavy atom. The number of aromatic nitrogens is 1. The van der Waals surface area contributed by atoms with Gasteiger partial charge in [-0.25, -0.2) is 13.6 Å². The summed E-state index contributed by atoms with van der Waals surface area (Å²) in [6.45, 7) is 2.36. The maximum atomic E-state index is 12.8. The molecule has 29 heavy (non-hydrogen) atoms. The number of ether oxygens (including phenoxy) is 2. The maximum Gasteiger partial charge on any atom is 0.317 e. The van der Waals surface area contributed by atoms with E-state index in [4.69, 9.17) is 9.47 Å². The lowest BCUT2D eigenvalue weighted by atomic mass is 10.1. The van der Waals surface area contributed by atoms with Crippen molar-refractivity contribution < 1.29 is 23.0 Å². The van der Waals surface area contributed by atoms with Crippen LogP contribution in [-0.4, -0.2) is 60.4 Å². The highest BCUT2D eigenvalue weighted by molar-refractivity contribution is 5.86. The standard InChI is InChI=1S/C21H27F2N3O3/c22-20(23)14-26-11-6-17-18(26)2-1-3-19(17)29-16-4-9-25(10-5-16)21(27)24-15-7-12-28-13-8-15/h1-3,6,11,15-16,20H,4-5,7-10,12-14H2,(H,24,27). The predicted molar refractivity (Wildman–Crippen MR) is 106 cm³/mol. The van der Waals surface area contributed by atoms with Crippen LogP contribution < -0.4 is 10.1 Å². The Bertz CT molecular complexity index is 828. The van der Waals surface area contributed by atoms with Crippen LogP contribution in [0.5, 0.6) is 5.75 Å². The predicted octanol–water partition coefficient (Wildman–Crippen LogP) is 3.64. The summed E-state index contributed by atoms with van der Waals surface area (Å²) in [6, 6.07) is 7.54. The van der Waals surface area contributed by atoms with Crippen molar-refractivity contribution in [3.05, 3.63) is 30.5 Å². The summed E-state index contributed by atoms with van der Waals surface area (Å²) < 4.78 is 38.6. The average molecular weight is 407 g/mol. The van der Waals surface area contributed by atoms with Gasteiger partial charge >= 0.3 is 6.03 Å². The molecule has 2 aliphatic heterocycles. The number of alkyl halides is 2. The van der Waals surface area contributed by atoms with Crippen LogP contribution in [0.25, 0.3) is 10.9 Å². The van der Waals surface area contributed by atoms with Crippen molar-refractivity contribution in [3.8, 4) is 5.75 Å². The zero-order valence-electron chi connectivity index (χ0n) is 16.4. The van der Waals surface area contributed by atoms with E-state index in [1.807, 2.05) is 29.2 Å². The topological polar surface area (TPSA) is 55.7 Å². The quantitative estimate of drug-likeness (QED) is 0.823. The number of likely N-dealkylation sites (tertiary alicyclic amines) is 1. The number of nitrogens with one attached hydrogen (secondary N) is 1. The Kier molecular flexibility index (Phi) is 6.18. The van der Waals surface area contributed by atoms with Gasteiger partial charge < -0.3 is 24.3 Å². The van der Waals surface area contributed by atoms with Gasteiger partial charge in [0, 0.05) is 56.8 Å². The average Bonchev–Trinajstić information content (AvgIpc) is 3.12. The van der Waals surface area contributed by atoms with Crippen LogP contribution in [-0.2, 0) is 11.3 Å². The third kappa shape index (κ3) is 4.80. The number of hydrogen-bond acceptors (Lipinski definition) is 3. The molecule has 4 rings (SSSR count). The molecule has 0 spiro atoms. The van der Waals surface area contributed by atoms with Crippen molar-refractivity contribution in [1.82, 2.24) is 14.8 Å². The van der Waals surface area contributed by atoms with Crippen molar-refractivity contribution >= 4 is 16.9 Å². The van der Waals surface area contributed by atoms with E-state index in [0.717, 1.165) is 36.6 Å². The van der Waals surface area contributed by atoms with Crippen molar-refractivity contribution in [1.29, 1.82) is 0 Å². The van der Waals surface area contributed by atoms with Gasteiger partial charge in [0.2, 0.25) is 0 Å². The molecule has 2 amide bonds. The number of urea groups is 1. The highest BCUT2D eigenvalue weighted by Gasteiger charge is 2.26. The van der Waals surface area contributed by atoms with Crippen LogP contribution in [0.15, 0.2) is 30.5 Å². The van der Waals surface area contributed by atoms with Crippen molar-refractivity contribution in [2.24, 2.45) is 0 Å². The molecule has 2 aliphatic rings. The normalized spacial score (nSPS) is 19.1. The van der Waals surface area contributed by atoms with Gasteiger partial charge in [0.25, 0.3) is 6.43 Å². The molecule has 0 radical (unpaired) electrons. The number of piperidine rings is 1. The van der Waals surface area contributed by atoms with E-state index in [2.05, 4.69) is 5.32 Å². The first-order chi connectivity index (χ1) is 14.1. The summed E-state index contributed by atoms with van der Waals surface area (Å²) in [5.41, 5.74) is 0.746. The molecule has 6 nitrogen and oxygen atoms in total. The molecular formula is C21H27F2N3O3. The summed E-state index contributed by atoms with van der Waals surface area (Å²) in [6.07, 6.45) is 2.50. The van der Waals surface area contributed by atoms with Crippen LogP contribution in [0, 0.1) is 0 Å². The van der Waals surface area contributed by atoms with Crippen LogP contribution in [0.1, 0.15) is 25.7 Å². The third-order valence-electron chi connectivity index (χ3n) is 5.68. The molecule has 0 saturated carbocycles. The van der Waals surface area contributed by atoms with Gasteiger partial charge in [-0.05, 0) is 31.0 Å². The molecule has 0 bridgehead atoms. The molecule has 3 heterocycles. The fourth-order valence-corrected chi connectivity index (χ4v) is 4.07. The van der Waals surface area contributed by atoms with Crippen LogP contribution >= 0.6 is 0 Å². The molecule has 1 N–H and O–H groups in total. The van der Waals surface area contributed by atoms with Gasteiger partial charge in [-0.15, -0.1) is 0 Å². The minimum absolute atomic E-state index is 0.00572. The number of carbonyl (C=O) groups excluding carboxylic acids is 1. The number of benzene rings is 1. The van der Waals surface area contributed by atoms with E-state index in [9.17, 15) is 13.6 Å². The summed E-state index contributed by atoms with van der Waals surface area (Å²) in [4.78, 5) is 14.3. The summed E-state index contributed by atoms with van der Waals surface area (Å²) in [5, 5.41) is 3.94. The van der Waals surface area contributed by atoms with E-state index >= 15 is 0 Å². The lowest BCUT2D eigenvalue weighted by molar-refractivity contribution is 0.0748. The second-order valence-electron chi connectivity index (χ2n) is 7.69. The van der Waals surface area contributed by atoms with Crippen LogP contribution in [0.2, 0.25) is 0 Å². The SMILES string of the molecule is O=C(NC1CCOCC1)N1CCC(Oc2cccc3c2ccn3CC(F)F)CC1. The number of carbonyl (C=O) groups is 1. The molecule has 1 aromatic heterocycles. The van der Waals surface area contributed by atoms with Crippen LogP contribution in [0.3, 0.4) is 0 Å². The van der Waals surface area contributed by atoms with Gasteiger partial charge in [0.1, 0.15) is 11.9 Å². The molecule has 158 valence electrons. The first kappa shape index (κ1) is 19.9. The lowest BCUT2D eigenvalue weighted by Gasteiger charge is -2.34. The molecule has 0 unspecified atom stereocenters. The second kappa shape index (κ2) is 8.98. The molecule has 1 aromatic carbocycles. The first-order valence-corrected chi connectivity index (χ1v) is 10.3. The molecule has 2 aromatic rings. The van der Waals surface area contributed by atoms with Gasteiger partial charge in [-0.1, -0.05) is 6.07 Å². The van der Waals surface area contributed by atoms with Crippen molar-refractivity contribution in [2.75, 3.05) is 26.3 Å². The Labute approximate surface area is 168 Å². The largest absolute Gasteiger partial charge is 0.490 e. The molecule has 2 fully saturated rings. The van der Waals surface area contributed by atoms with Crippen molar-refractivity contribution in [2.45, 2.75) is 50.8 Å². The Hall–Kier alpha value is -2.35. The van der Waals surface area contributed by atoms with Gasteiger partial charge in [0.15, 0.2) is 0 Å². The van der Waals surface area contributed by atoms with Crippen LogP contribution in [0.4, 0.5) is 13.6 Å². The zero-order valence-corrected chi connectivity index (χ0v) is 16.4. The number of halogens is 2. The maximum absolute atomic E-state index is 12.8. The summed E-state index contributed by atoms with van der Waals surface area (Å²) in [5.74, 6) is 0.709. The fraction of sp³-hybridized carbons (Fsp3) is 0.571. The Morgan fingerprint density at radius 2 is 1.93 bits per heavy atom.